The van der Waals surface area contributed by atoms with Gasteiger partial charge in [0.2, 0.25) is 0 Å². The predicted octanol–water partition coefficient (Wildman–Crippen LogP) is 4.22. The molecule has 2 rings (SSSR count). The molecule has 2 unspecified atom stereocenters. The number of allylic oxidation sites excluding steroid dienone is 2. The molecule has 1 aromatic rings. The maximum Gasteiger partial charge on any atom is 0.314 e. The summed E-state index contributed by atoms with van der Waals surface area (Å²) in [6, 6.07) is 5.19. The fraction of sp³-hybridized carbons (Fsp3) is 0.421. The van der Waals surface area contributed by atoms with Crippen molar-refractivity contribution >= 4 is 11.7 Å². The summed E-state index contributed by atoms with van der Waals surface area (Å²) in [5.74, 6) is -4.49. The predicted molar refractivity (Wildman–Crippen MR) is 90.0 cm³/mol. The van der Waals surface area contributed by atoms with Gasteiger partial charge in [0, 0.05) is 17.0 Å². The lowest BCUT2D eigenvalue weighted by Gasteiger charge is -2.38. The van der Waals surface area contributed by atoms with Gasteiger partial charge in [-0.2, -0.15) is 5.26 Å². The highest BCUT2D eigenvalue weighted by Gasteiger charge is 2.54. The van der Waals surface area contributed by atoms with E-state index in [0.29, 0.717) is 12.1 Å². The number of carbonyl (C=O) groups is 1. The van der Waals surface area contributed by atoms with E-state index >= 15 is 0 Å². The minimum Gasteiger partial charge on any atom is -0.481 e. The summed E-state index contributed by atoms with van der Waals surface area (Å²) in [5.41, 5.74) is -1.55. The first-order valence-electron chi connectivity index (χ1n) is 8.00. The van der Waals surface area contributed by atoms with Crippen molar-refractivity contribution in [1.82, 2.24) is 0 Å². The average molecular weight is 346 g/mol. The smallest absolute Gasteiger partial charge is 0.314 e. The van der Waals surface area contributed by atoms with Gasteiger partial charge >= 0.3 is 5.97 Å². The van der Waals surface area contributed by atoms with Crippen molar-refractivity contribution in [3.63, 3.8) is 0 Å². The number of hydrogen-bond donors (Lipinski definition) is 1. The van der Waals surface area contributed by atoms with Crippen LogP contribution in [0.4, 0.5) is 8.78 Å². The van der Waals surface area contributed by atoms with E-state index in [9.17, 15) is 23.9 Å². The maximum atomic E-state index is 14.5. The number of carboxylic acid groups (broad SMARTS) is 1. The normalized spacial score (nSPS) is 23.4. The second-order valence-corrected chi connectivity index (χ2v) is 6.71. The Labute approximate surface area is 145 Å². The van der Waals surface area contributed by atoms with Crippen molar-refractivity contribution in [2.45, 2.75) is 39.5 Å². The van der Waals surface area contributed by atoms with Gasteiger partial charge in [-0.05, 0) is 43.9 Å². The number of aliphatic imine (C=N–C) groups is 1. The summed E-state index contributed by atoms with van der Waals surface area (Å²) in [4.78, 5) is 16.3. The van der Waals surface area contributed by atoms with Crippen LogP contribution in [0.5, 0.6) is 0 Å². The van der Waals surface area contributed by atoms with Gasteiger partial charge in [-0.15, -0.1) is 0 Å². The number of aliphatic carboxylic acids is 1. The molecule has 1 aliphatic heterocycles. The first kappa shape index (κ1) is 18.8. The van der Waals surface area contributed by atoms with E-state index in [2.05, 4.69) is 4.99 Å². The minimum absolute atomic E-state index is 0.165. The zero-order chi connectivity index (χ0) is 18.9. The number of nitriles is 1. The van der Waals surface area contributed by atoms with Crippen molar-refractivity contribution < 1.29 is 18.7 Å². The van der Waals surface area contributed by atoms with Gasteiger partial charge in [-0.25, -0.2) is 8.78 Å². The van der Waals surface area contributed by atoms with Crippen LogP contribution in [0.25, 0.3) is 0 Å². The van der Waals surface area contributed by atoms with Gasteiger partial charge in [0.15, 0.2) is 0 Å². The van der Waals surface area contributed by atoms with Crippen molar-refractivity contribution in [3.8, 4) is 6.07 Å². The lowest BCUT2D eigenvalue weighted by molar-refractivity contribution is -0.140. The van der Waals surface area contributed by atoms with Gasteiger partial charge in [0.1, 0.15) is 23.0 Å². The second kappa shape index (κ2) is 6.75. The highest BCUT2D eigenvalue weighted by atomic mass is 19.1. The fourth-order valence-electron chi connectivity index (χ4n) is 3.48. The Bertz CT molecular complexity index is 801. The first-order valence-corrected chi connectivity index (χ1v) is 8.00. The number of halogens is 2. The van der Waals surface area contributed by atoms with Crippen LogP contribution in [0.2, 0.25) is 0 Å². The molecular formula is C19H20F2N2O2. The quantitative estimate of drug-likeness (QED) is 0.887. The van der Waals surface area contributed by atoms with Gasteiger partial charge in [0.25, 0.3) is 0 Å². The molecule has 2 atom stereocenters. The van der Waals surface area contributed by atoms with E-state index in [4.69, 9.17) is 0 Å². The molecule has 0 fully saturated rings. The van der Waals surface area contributed by atoms with E-state index in [1.807, 2.05) is 19.9 Å². The third kappa shape index (κ3) is 2.95. The molecule has 1 N–H and O–H groups in total. The largest absolute Gasteiger partial charge is 0.481 e. The molecule has 6 heteroatoms. The van der Waals surface area contributed by atoms with Crippen molar-refractivity contribution in [2.24, 2.45) is 16.8 Å². The van der Waals surface area contributed by atoms with Crippen LogP contribution in [-0.4, -0.2) is 16.8 Å². The van der Waals surface area contributed by atoms with Gasteiger partial charge in [-0.3, -0.25) is 9.79 Å². The molecule has 0 radical (unpaired) electrons. The van der Waals surface area contributed by atoms with Crippen LogP contribution >= 0.6 is 0 Å². The monoisotopic (exact) mass is 346 g/mol. The molecule has 0 aliphatic carbocycles. The number of rotatable bonds is 4. The molecule has 25 heavy (non-hydrogen) atoms. The van der Waals surface area contributed by atoms with Crippen LogP contribution in [-0.2, 0) is 10.2 Å². The Balaban J connectivity index is 2.91. The van der Waals surface area contributed by atoms with Crippen LogP contribution in [0, 0.1) is 34.8 Å². The summed E-state index contributed by atoms with van der Waals surface area (Å²) >= 11 is 0. The van der Waals surface area contributed by atoms with Crippen LogP contribution in [0.15, 0.2) is 34.5 Å². The van der Waals surface area contributed by atoms with E-state index in [0.717, 1.165) is 12.1 Å². The lowest BCUT2D eigenvalue weighted by atomic mass is 9.62. The summed E-state index contributed by atoms with van der Waals surface area (Å²) in [7, 11) is 0. The number of carboxylic acids is 1. The molecule has 0 saturated heterocycles. The molecule has 0 saturated carbocycles. The fourth-order valence-corrected chi connectivity index (χ4v) is 3.48. The van der Waals surface area contributed by atoms with Gasteiger partial charge < -0.3 is 5.11 Å². The average Bonchev–Trinajstić information content (AvgIpc) is 2.50. The summed E-state index contributed by atoms with van der Waals surface area (Å²) in [6.45, 7) is 6.92. The zero-order valence-electron chi connectivity index (χ0n) is 14.6. The Morgan fingerprint density at radius 2 is 1.92 bits per heavy atom. The van der Waals surface area contributed by atoms with Crippen LogP contribution < -0.4 is 0 Å². The standard InChI is InChI=1S/C19H20F2N2O2/c1-10(2)8-15-11(3)19(9-22,16(18(24)25)12(4)23-15)17-13(20)6-5-7-14(17)21/h5-7,10,16H,8H2,1-4H3,(H,24,25). The second-order valence-electron chi connectivity index (χ2n) is 6.71. The van der Waals surface area contributed by atoms with Crippen LogP contribution in [0.3, 0.4) is 0 Å². The maximum absolute atomic E-state index is 14.5. The third-order valence-corrected chi connectivity index (χ3v) is 4.57. The van der Waals surface area contributed by atoms with Gasteiger partial charge in [-0.1, -0.05) is 19.9 Å². The molecule has 1 aliphatic rings. The van der Waals surface area contributed by atoms with E-state index < -0.39 is 34.5 Å². The molecule has 0 spiro atoms. The molecule has 1 heterocycles. The molecule has 4 nitrogen and oxygen atoms in total. The number of nitrogens with zero attached hydrogens (tertiary/aromatic N) is 2. The molecule has 1 aromatic carbocycles. The molecule has 0 amide bonds. The van der Waals surface area contributed by atoms with Crippen molar-refractivity contribution in [3.05, 3.63) is 46.7 Å². The minimum atomic E-state index is -1.97. The molecule has 132 valence electrons. The van der Waals surface area contributed by atoms with E-state index in [1.54, 1.807) is 6.92 Å². The first-order chi connectivity index (χ1) is 11.7. The Morgan fingerprint density at radius 3 is 2.36 bits per heavy atom. The van der Waals surface area contributed by atoms with Crippen molar-refractivity contribution in [1.29, 1.82) is 5.26 Å². The highest BCUT2D eigenvalue weighted by Crippen LogP contribution is 2.47. The SMILES string of the molecule is CC1=NC(CC(C)C)=C(C)C(C#N)(c2c(F)cccc2F)C1C(=O)O. The summed E-state index contributed by atoms with van der Waals surface area (Å²) in [5, 5.41) is 19.7. The molecule has 0 aromatic heterocycles. The summed E-state index contributed by atoms with van der Waals surface area (Å²) in [6.07, 6.45) is 0.481. The topological polar surface area (TPSA) is 73.5 Å². The zero-order valence-corrected chi connectivity index (χ0v) is 14.6. The van der Waals surface area contributed by atoms with E-state index in [1.165, 1.54) is 13.0 Å². The van der Waals surface area contributed by atoms with Gasteiger partial charge in [0.05, 0.1) is 6.07 Å². The molecule has 0 bridgehead atoms. The van der Waals surface area contributed by atoms with Crippen molar-refractivity contribution in [2.75, 3.05) is 0 Å². The van der Waals surface area contributed by atoms with Crippen LogP contribution in [0.1, 0.15) is 39.7 Å². The lowest BCUT2D eigenvalue weighted by Crippen LogP contribution is -2.47. The van der Waals surface area contributed by atoms with E-state index in [-0.39, 0.29) is 17.2 Å². The summed E-state index contributed by atoms with van der Waals surface area (Å²) < 4.78 is 29.1. The Kier molecular flexibility index (Phi) is 5.07. The number of benzene rings is 1. The number of hydrogen-bond acceptors (Lipinski definition) is 3. The third-order valence-electron chi connectivity index (χ3n) is 4.57. The Morgan fingerprint density at radius 1 is 1.36 bits per heavy atom. The molecular weight excluding hydrogens is 326 g/mol. The highest BCUT2D eigenvalue weighted by molar-refractivity contribution is 6.04. The Hall–Kier alpha value is -2.55.